The van der Waals surface area contributed by atoms with Crippen molar-refractivity contribution in [1.29, 1.82) is 0 Å². The van der Waals surface area contributed by atoms with Gasteiger partial charge in [-0.05, 0) is 13.8 Å². The smallest absolute Gasteiger partial charge is 0.222 e. The van der Waals surface area contributed by atoms with Crippen LogP contribution in [0.25, 0.3) is 0 Å². The number of amides is 1. The van der Waals surface area contributed by atoms with E-state index < -0.39 is 5.60 Å². The maximum atomic E-state index is 11.6. The summed E-state index contributed by atoms with van der Waals surface area (Å²) in [4.78, 5) is 11.6. The van der Waals surface area contributed by atoms with Gasteiger partial charge in [0.1, 0.15) is 0 Å². The average Bonchev–Trinajstić information content (AvgIpc) is 2.27. The molecule has 0 aliphatic carbocycles. The van der Waals surface area contributed by atoms with Crippen LogP contribution >= 0.6 is 0 Å². The Morgan fingerprint density at radius 3 is 2.94 bits per heavy atom. The van der Waals surface area contributed by atoms with Crippen LogP contribution in [0.5, 0.6) is 0 Å². The number of carbonyl (C=O) groups is 1. The van der Waals surface area contributed by atoms with E-state index in [1.807, 2.05) is 13.8 Å². The molecule has 94 valence electrons. The summed E-state index contributed by atoms with van der Waals surface area (Å²) in [6, 6.07) is 0.225. The monoisotopic (exact) mass is 230 g/mol. The average molecular weight is 230 g/mol. The molecule has 1 unspecified atom stereocenters. The van der Waals surface area contributed by atoms with Crippen LogP contribution in [0.4, 0.5) is 0 Å². The van der Waals surface area contributed by atoms with Gasteiger partial charge in [-0.2, -0.15) is 0 Å². The zero-order valence-electron chi connectivity index (χ0n) is 10.3. The highest BCUT2D eigenvalue weighted by atomic mass is 16.5. The van der Waals surface area contributed by atoms with E-state index in [-0.39, 0.29) is 11.9 Å². The lowest BCUT2D eigenvalue weighted by Crippen LogP contribution is -2.49. The number of rotatable bonds is 5. The van der Waals surface area contributed by atoms with E-state index in [1.54, 1.807) is 7.11 Å². The van der Waals surface area contributed by atoms with Crippen molar-refractivity contribution in [1.82, 2.24) is 10.6 Å². The molecule has 16 heavy (non-hydrogen) atoms. The Kier molecular flexibility index (Phi) is 5.18. The Morgan fingerprint density at radius 2 is 2.38 bits per heavy atom. The minimum Gasteiger partial charge on any atom is -0.378 e. The summed E-state index contributed by atoms with van der Waals surface area (Å²) in [5, 5.41) is 6.16. The van der Waals surface area contributed by atoms with E-state index in [0.29, 0.717) is 19.6 Å². The van der Waals surface area contributed by atoms with Crippen LogP contribution in [0.2, 0.25) is 0 Å². The molecule has 0 aromatic rings. The quantitative estimate of drug-likeness (QED) is 0.693. The first-order valence-electron chi connectivity index (χ1n) is 5.66. The molecule has 1 fully saturated rings. The van der Waals surface area contributed by atoms with Gasteiger partial charge < -0.3 is 20.1 Å². The summed E-state index contributed by atoms with van der Waals surface area (Å²) < 4.78 is 10.5. The zero-order chi connectivity index (χ0) is 12.0. The van der Waals surface area contributed by atoms with Crippen molar-refractivity contribution >= 4 is 5.91 Å². The summed E-state index contributed by atoms with van der Waals surface area (Å²) in [5.41, 5.74) is -0.402. The number of morpholine rings is 1. The largest absolute Gasteiger partial charge is 0.378 e. The third-order valence-electron chi connectivity index (χ3n) is 2.68. The molecule has 5 nitrogen and oxygen atoms in total. The van der Waals surface area contributed by atoms with Crippen molar-refractivity contribution in [3.63, 3.8) is 0 Å². The van der Waals surface area contributed by atoms with E-state index in [1.165, 1.54) is 0 Å². The van der Waals surface area contributed by atoms with Crippen LogP contribution in [0.3, 0.4) is 0 Å². The van der Waals surface area contributed by atoms with Crippen LogP contribution in [-0.4, -0.2) is 51.0 Å². The standard InChI is InChI=1S/C11H22N2O3/c1-11(2,15-3)6-10(14)13-7-9-8-16-5-4-12-9/h9,12H,4-8H2,1-3H3,(H,13,14). The van der Waals surface area contributed by atoms with Crippen molar-refractivity contribution in [2.45, 2.75) is 31.9 Å². The van der Waals surface area contributed by atoms with E-state index >= 15 is 0 Å². The van der Waals surface area contributed by atoms with Crippen LogP contribution in [0, 0.1) is 0 Å². The number of ether oxygens (including phenoxy) is 2. The Bertz CT molecular complexity index is 225. The molecule has 1 heterocycles. The van der Waals surface area contributed by atoms with Crippen LogP contribution in [0.15, 0.2) is 0 Å². The van der Waals surface area contributed by atoms with Gasteiger partial charge in [0.2, 0.25) is 5.91 Å². The molecular formula is C11H22N2O3. The number of hydrogen-bond acceptors (Lipinski definition) is 4. The minimum atomic E-state index is -0.402. The van der Waals surface area contributed by atoms with Crippen molar-refractivity contribution < 1.29 is 14.3 Å². The first-order chi connectivity index (χ1) is 7.53. The fraction of sp³-hybridized carbons (Fsp3) is 0.909. The van der Waals surface area contributed by atoms with Gasteiger partial charge in [0.15, 0.2) is 0 Å². The number of nitrogens with one attached hydrogen (secondary N) is 2. The summed E-state index contributed by atoms with van der Waals surface area (Å²) in [7, 11) is 1.61. The Balaban J connectivity index is 2.19. The summed E-state index contributed by atoms with van der Waals surface area (Å²) in [5.74, 6) is 0.0132. The Labute approximate surface area is 96.9 Å². The van der Waals surface area contributed by atoms with Gasteiger partial charge in [-0.25, -0.2) is 0 Å². The van der Waals surface area contributed by atoms with E-state index in [4.69, 9.17) is 9.47 Å². The number of hydrogen-bond donors (Lipinski definition) is 2. The van der Waals surface area contributed by atoms with Crippen molar-refractivity contribution in [3.8, 4) is 0 Å². The Morgan fingerprint density at radius 1 is 1.62 bits per heavy atom. The van der Waals surface area contributed by atoms with Gasteiger partial charge in [0.25, 0.3) is 0 Å². The second-order valence-electron chi connectivity index (χ2n) is 4.67. The molecule has 0 bridgehead atoms. The topological polar surface area (TPSA) is 59.6 Å². The molecule has 1 rings (SSSR count). The molecule has 1 amide bonds. The molecule has 2 N–H and O–H groups in total. The number of methoxy groups -OCH3 is 1. The molecule has 5 heteroatoms. The van der Waals surface area contributed by atoms with Crippen LogP contribution in [0.1, 0.15) is 20.3 Å². The van der Waals surface area contributed by atoms with Gasteiger partial charge in [0, 0.05) is 26.2 Å². The zero-order valence-corrected chi connectivity index (χ0v) is 10.3. The lowest BCUT2D eigenvalue weighted by atomic mass is 10.0. The lowest BCUT2D eigenvalue weighted by Gasteiger charge is -2.25. The number of carbonyl (C=O) groups excluding carboxylic acids is 1. The van der Waals surface area contributed by atoms with Crippen molar-refractivity contribution in [3.05, 3.63) is 0 Å². The van der Waals surface area contributed by atoms with Gasteiger partial charge >= 0.3 is 0 Å². The Hall–Kier alpha value is -0.650. The summed E-state index contributed by atoms with van der Waals surface area (Å²) >= 11 is 0. The highest BCUT2D eigenvalue weighted by Gasteiger charge is 2.21. The fourth-order valence-corrected chi connectivity index (χ4v) is 1.51. The summed E-state index contributed by atoms with van der Waals surface area (Å²) in [6.07, 6.45) is 0.372. The molecule has 1 aliphatic rings. The van der Waals surface area contributed by atoms with Gasteiger partial charge in [-0.1, -0.05) is 0 Å². The van der Waals surface area contributed by atoms with Gasteiger partial charge in [0.05, 0.1) is 25.2 Å². The first kappa shape index (κ1) is 13.4. The third-order valence-corrected chi connectivity index (χ3v) is 2.68. The molecule has 0 aromatic carbocycles. The normalized spacial score (nSPS) is 21.8. The molecular weight excluding hydrogens is 208 g/mol. The van der Waals surface area contributed by atoms with Crippen LogP contribution < -0.4 is 10.6 Å². The molecule has 0 radical (unpaired) electrons. The van der Waals surface area contributed by atoms with Crippen LogP contribution in [-0.2, 0) is 14.3 Å². The maximum absolute atomic E-state index is 11.6. The highest BCUT2D eigenvalue weighted by Crippen LogP contribution is 2.12. The predicted octanol–water partition coefficient (Wildman–Crippen LogP) is -0.0939. The molecule has 1 atom stereocenters. The molecule has 1 saturated heterocycles. The van der Waals surface area contributed by atoms with Crippen molar-refractivity contribution in [2.24, 2.45) is 0 Å². The fourth-order valence-electron chi connectivity index (χ4n) is 1.51. The molecule has 1 aliphatic heterocycles. The molecule has 0 spiro atoms. The van der Waals surface area contributed by atoms with Gasteiger partial charge in [-0.15, -0.1) is 0 Å². The maximum Gasteiger partial charge on any atom is 0.222 e. The summed E-state index contributed by atoms with van der Waals surface area (Å²) in [6.45, 7) is 6.67. The lowest BCUT2D eigenvalue weighted by molar-refractivity contribution is -0.126. The van der Waals surface area contributed by atoms with E-state index in [0.717, 1.165) is 13.2 Å². The minimum absolute atomic E-state index is 0.0132. The molecule has 0 saturated carbocycles. The third kappa shape index (κ3) is 4.92. The molecule has 0 aromatic heterocycles. The second-order valence-corrected chi connectivity index (χ2v) is 4.67. The first-order valence-corrected chi connectivity index (χ1v) is 5.66. The SMILES string of the molecule is COC(C)(C)CC(=O)NCC1COCCN1. The van der Waals surface area contributed by atoms with Crippen molar-refractivity contribution in [2.75, 3.05) is 33.4 Å². The highest BCUT2D eigenvalue weighted by molar-refractivity contribution is 5.76. The predicted molar refractivity (Wildman–Crippen MR) is 61.3 cm³/mol. The van der Waals surface area contributed by atoms with Gasteiger partial charge in [-0.3, -0.25) is 4.79 Å². The second kappa shape index (κ2) is 6.18. The van der Waals surface area contributed by atoms with E-state index in [9.17, 15) is 4.79 Å². The van der Waals surface area contributed by atoms with E-state index in [2.05, 4.69) is 10.6 Å².